The van der Waals surface area contributed by atoms with Crippen LogP contribution in [0.25, 0.3) is 17.1 Å². The second kappa shape index (κ2) is 7.19. The van der Waals surface area contributed by atoms with E-state index in [0.29, 0.717) is 24.5 Å². The Morgan fingerprint density at radius 1 is 1.07 bits per heavy atom. The Bertz CT molecular complexity index is 1000. The Balaban J connectivity index is 1.66. The number of piperidine rings is 1. The number of hydrogen-bond acceptors (Lipinski definition) is 4. The van der Waals surface area contributed by atoms with Crippen molar-refractivity contribution < 1.29 is 4.79 Å². The Morgan fingerprint density at radius 2 is 1.81 bits per heavy atom. The lowest BCUT2D eigenvalue weighted by Gasteiger charge is -2.32. The quantitative estimate of drug-likeness (QED) is 0.716. The number of amides is 1. The van der Waals surface area contributed by atoms with Crippen LogP contribution in [0.3, 0.4) is 0 Å². The van der Waals surface area contributed by atoms with Gasteiger partial charge in [0.2, 0.25) is 11.3 Å². The number of carbonyl (C=O) groups excluding carboxylic acids is 1. The van der Waals surface area contributed by atoms with Gasteiger partial charge in [-0.05, 0) is 31.0 Å². The second-order valence-electron chi connectivity index (χ2n) is 6.71. The molecule has 2 aromatic heterocycles. The molecule has 0 spiro atoms. The van der Waals surface area contributed by atoms with Crippen molar-refractivity contribution in [2.24, 2.45) is 0 Å². The molecule has 0 saturated carbocycles. The highest BCUT2D eigenvalue weighted by atomic mass is 16.2. The van der Waals surface area contributed by atoms with Crippen molar-refractivity contribution in [1.82, 2.24) is 24.5 Å². The Labute approximate surface area is 156 Å². The number of benzene rings is 1. The van der Waals surface area contributed by atoms with E-state index in [4.69, 9.17) is 0 Å². The normalized spacial score (nSPS) is 15.1. The summed E-state index contributed by atoms with van der Waals surface area (Å²) < 4.78 is 3.59. The highest BCUT2D eigenvalue weighted by Gasteiger charge is 2.23. The van der Waals surface area contributed by atoms with Crippen molar-refractivity contribution in [3.63, 3.8) is 0 Å². The summed E-state index contributed by atoms with van der Waals surface area (Å²) in [6.07, 6.45) is 5.06. The van der Waals surface area contributed by atoms with E-state index in [1.54, 1.807) is 36.1 Å². The van der Waals surface area contributed by atoms with E-state index in [2.05, 4.69) is 10.2 Å². The summed E-state index contributed by atoms with van der Waals surface area (Å²) in [6, 6.07) is 13.2. The van der Waals surface area contributed by atoms with Gasteiger partial charge < -0.3 is 4.90 Å². The van der Waals surface area contributed by atoms with Crippen LogP contribution in [0.15, 0.2) is 59.7 Å². The molecule has 1 aromatic carbocycles. The maximum absolute atomic E-state index is 12.5. The molecule has 1 saturated heterocycles. The van der Waals surface area contributed by atoms with Gasteiger partial charge in [0.15, 0.2) is 5.69 Å². The van der Waals surface area contributed by atoms with E-state index in [1.807, 2.05) is 39.9 Å². The molecule has 27 heavy (non-hydrogen) atoms. The fourth-order valence-corrected chi connectivity index (χ4v) is 3.50. The lowest BCUT2D eigenvalue weighted by molar-refractivity contribution is -0.130. The first kappa shape index (κ1) is 17.2. The molecule has 0 N–H and O–H groups in total. The molecule has 0 radical (unpaired) electrons. The molecular formula is C20H21N5O2. The molecule has 0 unspecified atom stereocenters. The number of para-hydroxylation sites is 1. The molecule has 4 rings (SSSR count). The summed E-state index contributed by atoms with van der Waals surface area (Å²) in [6.45, 7) is 3.02. The molecule has 1 amide bonds. The summed E-state index contributed by atoms with van der Waals surface area (Å²) in [5.74, 6) is 0.105. The number of rotatable bonds is 3. The number of carbonyl (C=O) groups is 1. The summed E-state index contributed by atoms with van der Waals surface area (Å²) in [5, 5.41) is 8.99. The molecule has 7 nitrogen and oxygen atoms in total. The third-order valence-electron chi connectivity index (χ3n) is 5.00. The zero-order valence-electron chi connectivity index (χ0n) is 15.2. The lowest BCUT2D eigenvalue weighted by atomic mass is 10.1. The van der Waals surface area contributed by atoms with E-state index in [1.165, 1.54) is 0 Å². The highest BCUT2D eigenvalue weighted by molar-refractivity contribution is 5.73. The predicted molar refractivity (Wildman–Crippen MR) is 102 cm³/mol. The van der Waals surface area contributed by atoms with Crippen molar-refractivity contribution in [3.8, 4) is 17.1 Å². The van der Waals surface area contributed by atoms with Crippen molar-refractivity contribution in [3.05, 3.63) is 65.1 Å². The summed E-state index contributed by atoms with van der Waals surface area (Å²) >= 11 is 0. The van der Waals surface area contributed by atoms with Gasteiger partial charge in [0.25, 0.3) is 0 Å². The Morgan fingerprint density at radius 3 is 2.52 bits per heavy atom. The number of likely N-dealkylation sites (tertiary alicyclic amines) is 1. The Hall–Kier alpha value is -3.22. The van der Waals surface area contributed by atoms with Gasteiger partial charge in [-0.3, -0.25) is 14.3 Å². The molecule has 0 atom stereocenters. The van der Waals surface area contributed by atoms with Crippen molar-refractivity contribution in [2.75, 3.05) is 13.1 Å². The number of aromatic nitrogens is 4. The fourth-order valence-electron chi connectivity index (χ4n) is 3.50. The Kier molecular flexibility index (Phi) is 4.58. The summed E-state index contributed by atoms with van der Waals surface area (Å²) in [5.41, 5.74) is 1.79. The summed E-state index contributed by atoms with van der Waals surface area (Å²) in [4.78, 5) is 25.9. The zero-order valence-corrected chi connectivity index (χ0v) is 15.2. The van der Waals surface area contributed by atoms with Gasteiger partial charge in [-0.1, -0.05) is 18.2 Å². The molecule has 1 aliphatic heterocycles. The van der Waals surface area contributed by atoms with Crippen LogP contribution in [-0.4, -0.2) is 43.5 Å². The minimum Gasteiger partial charge on any atom is -0.343 e. The maximum atomic E-state index is 12.5. The molecular weight excluding hydrogens is 342 g/mol. The molecule has 3 heterocycles. The number of hydrogen-bond donors (Lipinski definition) is 0. The maximum Gasteiger partial charge on any atom is 0.219 e. The number of nitrogens with zero attached hydrogens (tertiary/aromatic N) is 5. The highest BCUT2D eigenvalue weighted by Crippen LogP contribution is 2.23. The first-order valence-electron chi connectivity index (χ1n) is 9.08. The van der Waals surface area contributed by atoms with Gasteiger partial charge in [0.05, 0.1) is 23.6 Å². The van der Waals surface area contributed by atoms with Gasteiger partial charge in [-0.25, -0.2) is 4.68 Å². The average Bonchev–Trinajstić information content (AvgIpc) is 3.19. The first-order valence-corrected chi connectivity index (χ1v) is 9.08. The predicted octanol–water partition coefficient (Wildman–Crippen LogP) is 2.28. The molecule has 1 aliphatic rings. The molecule has 1 fully saturated rings. The van der Waals surface area contributed by atoms with Crippen LogP contribution in [0.2, 0.25) is 0 Å². The molecule has 0 bridgehead atoms. The van der Waals surface area contributed by atoms with E-state index >= 15 is 0 Å². The van der Waals surface area contributed by atoms with E-state index < -0.39 is 0 Å². The van der Waals surface area contributed by atoms with Crippen LogP contribution in [0.4, 0.5) is 0 Å². The minimum atomic E-state index is -0.134. The van der Waals surface area contributed by atoms with E-state index in [-0.39, 0.29) is 17.4 Å². The van der Waals surface area contributed by atoms with Crippen molar-refractivity contribution >= 4 is 5.91 Å². The largest absolute Gasteiger partial charge is 0.343 e. The molecule has 3 aromatic rings. The third-order valence-corrected chi connectivity index (χ3v) is 5.00. The van der Waals surface area contributed by atoms with E-state index in [9.17, 15) is 9.59 Å². The van der Waals surface area contributed by atoms with Crippen molar-refractivity contribution in [1.29, 1.82) is 0 Å². The van der Waals surface area contributed by atoms with Gasteiger partial charge in [-0.2, -0.15) is 10.2 Å². The second-order valence-corrected chi connectivity index (χ2v) is 6.71. The molecule has 7 heteroatoms. The SMILES string of the molecule is CC(=O)N1CCC(n2ccc(=O)c(-c3ccnn3-c3ccccc3)n2)CC1. The van der Waals surface area contributed by atoms with Crippen LogP contribution in [-0.2, 0) is 4.79 Å². The van der Waals surface area contributed by atoms with Gasteiger partial charge in [0.1, 0.15) is 0 Å². The van der Waals surface area contributed by atoms with Crippen LogP contribution in [0.1, 0.15) is 25.8 Å². The van der Waals surface area contributed by atoms with Crippen LogP contribution in [0, 0.1) is 0 Å². The smallest absolute Gasteiger partial charge is 0.219 e. The molecule has 138 valence electrons. The van der Waals surface area contributed by atoms with Crippen LogP contribution < -0.4 is 5.43 Å². The standard InChI is InChI=1S/C20H21N5O2/c1-15(26)23-12-8-16(9-13-23)24-14-10-19(27)20(22-24)18-7-11-21-25(18)17-5-3-2-4-6-17/h2-7,10-11,14,16H,8-9,12-13H2,1H3. The van der Waals surface area contributed by atoms with Crippen LogP contribution in [0.5, 0.6) is 0 Å². The van der Waals surface area contributed by atoms with Gasteiger partial charge in [0, 0.05) is 32.3 Å². The fraction of sp³-hybridized carbons (Fsp3) is 0.300. The summed E-state index contributed by atoms with van der Waals surface area (Å²) in [7, 11) is 0. The van der Waals surface area contributed by atoms with Gasteiger partial charge >= 0.3 is 0 Å². The monoisotopic (exact) mass is 363 g/mol. The van der Waals surface area contributed by atoms with Crippen LogP contribution >= 0.6 is 0 Å². The minimum absolute atomic E-state index is 0.105. The van der Waals surface area contributed by atoms with Gasteiger partial charge in [-0.15, -0.1) is 0 Å². The van der Waals surface area contributed by atoms with Crippen molar-refractivity contribution in [2.45, 2.75) is 25.8 Å². The zero-order chi connectivity index (χ0) is 18.8. The first-order chi connectivity index (χ1) is 13.1. The topological polar surface area (TPSA) is 73.0 Å². The van der Waals surface area contributed by atoms with E-state index in [0.717, 1.165) is 18.5 Å². The lowest BCUT2D eigenvalue weighted by Crippen LogP contribution is -2.38. The molecule has 0 aliphatic carbocycles. The third kappa shape index (κ3) is 3.40. The average molecular weight is 363 g/mol.